The Bertz CT molecular complexity index is 434. The Labute approximate surface area is 130 Å². The molecule has 2 nitrogen and oxygen atoms in total. The highest BCUT2D eigenvalue weighted by Crippen LogP contribution is 2.65. The van der Waals surface area contributed by atoms with Crippen LogP contribution in [0.2, 0.25) is 0 Å². The van der Waals surface area contributed by atoms with Gasteiger partial charge < -0.3 is 4.74 Å². The lowest BCUT2D eigenvalue weighted by Crippen LogP contribution is -2.40. The van der Waals surface area contributed by atoms with Crippen LogP contribution in [0.3, 0.4) is 0 Å². The van der Waals surface area contributed by atoms with Crippen molar-refractivity contribution in [1.82, 2.24) is 0 Å². The number of carbonyl (C=O) groups excluding carboxylic acids is 1. The fourth-order valence-corrected chi connectivity index (χ4v) is 4.01. The molecule has 0 radical (unpaired) electrons. The van der Waals surface area contributed by atoms with E-state index in [2.05, 4.69) is 47.6 Å². The van der Waals surface area contributed by atoms with E-state index < -0.39 is 5.41 Å². The average Bonchev–Trinajstić information content (AvgIpc) is 2.92. The Kier molecular flexibility index (Phi) is 4.30. The summed E-state index contributed by atoms with van der Waals surface area (Å²) in [5, 5.41) is 0. The minimum absolute atomic E-state index is 0.00993. The van der Waals surface area contributed by atoms with Gasteiger partial charge in [-0.15, -0.1) is 0 Å². The number of esters is 1. The average molecular weight is 292 g/mol. The second-order valence-corrected chi connectivity index (χ2v) is 8.58. The first-order valence-electron chi connectivity index (χ1n) is 8.50. The number of hydrogen-bond acceptors (Lipinski definition) is 2. The van der Waals surface area contributed by atoms with E-state index in [0.717, 1.165) is 6.42 Å². The molecule has 0 saturated heterocycles. The maximum absolute atomic E-state index is 12.9. The normalized spacial score (nSPS) is 28.9. The van der Waals surface area contributed by atoms with E-state index in [1.165, 1.54) is 37.7 Å². The number of carbonyl (C=O) groups is 1. The van der Waals surface area contributed by atoms with E-state index in [0.29, 0.717) is 5.92 Å². The zero-order valence-electron chi connectivity index (χ0n) is 14.7. The number of ether oxygens (including phenoxy) is 1. The summed E-state index contributed by atoms with van der Waals surface area (Å²) in [5.74, 6) is 0.505. The molecule has 0 heterocycles. The number of hydrogen-bond donors (Lipinski definition) is 0. The van der Waals surface area contributed by atoms with E-state index in [1.807, 2.05) is 0 Å². The monoisotopic (exact) mass is 292 g/mol. The third kappa shape index (κ3) is 3.19. The van der Waals surface area contributed by atoms with Gasteiger partial charge in [0, 0.05) is 0 Å². The van der Waals surface area contributed by atoms with Crippen molar-refractivity contribution in [3.63, 3.8) is 0 Å². The summed E-state index contributed by atoms with van der Waals surface area (Å²) in [4.78, 5) is 12.9. The molecular formula is C19H32O2. The van der Waals surface area contributed by atoms with Crippen LogP contribution in [0.25, 0.3) is 0 Å². The lowest BCUT2D eigenvalue weighted by atomic mass is 9.78. The molecule has 0 aliphatic heterocycles. The van der Waals surface area contributed by atoms with Crippen molar-refractivity contribution in [3.8, 4) is 0 Å². The summed E-state index contributed by atoms with van der Waals surface area (Å²) in [6.07, 6.45) is 9.30. The third-order valence-electron chi connectivity index (χ3n) is 5.65. The van der Waals surface area contributed by atoms with Gasteiger partial charge in [-0.3, -0.25) is 4.79 Å². The van der Waals surface area contributed by atoms with Gasteiger partial charge in [0.05, 0.1) is 5.41 Å². The van der Waals surface area contributed by atoms with Crippen LogP contribution in [-0.2, 0) is 9.53 Å². The minimum Gasteiger partial charge on any atom is -0.459 e. The molecule has 0 spiro atoms. The fourth-order valence-electron chi connectivity index (χ4n) is 4.01. The second kappa shape index (κ2) is 5.44. The Morgan fingerprint density at radius 1 is 1.14 bits per heavy atom. The van der Waals surface area contributed by atoms with Crippen molar-refractivity contribution in [2.45, 2.75) is 85.7 Å². The van der Waals surface area contributed by atoms with Gasteiger partial charge in [0.2, 0.25) is 0 Å². The maximum Gasteiger partial charge on any atom is 0.317 e. The zero-order chi connectivity index (χ0) is 15.9. The molecule has 2 aliphatic carbocycles. The van der Waals surface area contributed by atoms with Crippen LogP contribution in [-0.4, -0.2) is 11.6 Å². The Morgan fingerprint density at radius 3 is 2.10 bits per heavy atom. The van der Waals surface area contributed by atoms with Crippen molar-refractivity contribution in [3.05, 3.63) is 11.6 Å². The minimum atomic E-state index is -0.391. The van der Waals surface area contributed by atoms with Gasteiger partial charge in [0.25, 0.3) is 0 Å². The molecule has 21 heavy (non-hydrogen) atoms. The van der Waals surface area contributed by atoms with Crippen molar-refractivity contribution in [2.24, 2.45) is 16.7 Å². The topological polar surface area (TPSA) is 26.3 Å². The van der Waals surface area contributed by atoms with Crippen molar-refractivity contribution in [1.29, 1.82) is 0 Å². The van der Waals surface area contributed by atoms with Gasteiger partial charge >= 0.3 is 5.97 Å². The molecule has 1 unspecified atom stereocenters. The van der Waals surface area contributed by atoms with Crippen molar-refractivity contribution < 1.29 is 9.53 Å². The summed E-state index contributed by atoms with van der Waals surface area (Å²) < 4.78 is 6.06. The molecule has 2 aliphatic rings. The molecule has 120 valence electrons. The van der Waals surface area contributed by atoms with Crippen molar-refractivity contribution in [2.75, 3.05) is 0 Å². The van der Waals surface area contributed by atoms with E-state index in [1.54, 1.807) is 0 Å². The third-order valence-corrected chi connectivity index (χ3v) is 5.65. The number of allylic oxidation sites excluding steroid dienone is 1. The van der Waals surface area contributed by atoms with Crippen LogP contribution in [0.15, 0.2) is 11.6 Å². The summed E-state index contributed by atoms with van der Waals surface area (Å²) in [6.45, 7) is 12.7. The first-order chi connectivity index (χ1) is 9.61. The molecule has 2 rings (SSSR count). The van der Waals surface area contributed by atoms with Crippen LogP contribution >= 0.6 is 0 Å². The largest absolute Gasteiger partial charge is 0.459 e. The highest BCUT2D eigenvalue weighted by atomic mass is 16.6. The van der Waals surface area contributed by atoms with Gasteiger partial charge in [-0.1, -0.05) is 44.8 Å². The van der Waals surface area contributed by atoms with Crippen LogP contribution in [0.5, 0.6) is 0 Å². The number of rotatable bonds is 4. The molecule has 0 aromatic carbocycles. The molecule has 2 fully saturated rings. The Morgan fingerprint density at radius 2 is 1.67 bits per heavy atom. The van der Waals surface area contributed by atoms with Gasteiger partial charge in [-0.2, -0.15) is 0 Å². The molecule has 2 saturated carbocycles. The predicted molar refractivity (Wildman–Crippen MR) is 87.0 cm³/mol. The Balaban J connectivity index is 2.11. The van der Waals surface area contributed by atoms with Gasteiger partial charge in [0.15, 0.2) is 0 Å². The van der Waals surface area contributed by atoms with E-state index in [-0.39, 0.29) is 17.0 Å². The predicted octanol–water partition coefficient (Wildman–Crippen LogP) is 5.27. The van der Waals surface area contributed by atoms with Crippen molar-refractivity contribution >= 4 is 5.97 Å². The highest BCUT2D eigenvalue weighted by molar-refractivity contribution is 5.84. The summed E-state index contributed by atoms with van der Waals surface area (Å²) >= 11 is 0. The summed E-state index contributed by atoms with van der Waals surface area (Å²) in [6, 6.07) is 0. The van der Waals surface area contributed by atoms with Gasteiger partial charge in [0.1, 0.15) is 5.60 Å². The lowest BCUT2D eigenvalue weighted by Gasteiger charge is -2.37. The van der Waals surface area contributed by atoms with E-state index in [9.17, 15) is 4.79 Å². The molecule has 0 amide bonds. The van der Waals surface area contributed by atoms with E-state index >= 15 is 0 Å². The molecule has 2 heteroatoms. The SMILES string of the molecule is CC(C)=CC1(C(=O)OC(C)(C)C2CCCCC2)CC1(C)C. The van der Waals surface area contributed by atoms with Gasteiger partial charge in [-0.25, -0.2) is 0 Å². The van der Waals surface area contributed by atoms with Crippen LogP contribution in [0, 0.1) is 16.7 Å². The quantitative estimate of drug-likeness (QED) is 0.521. The van der Waals surface area contributed by atoms with Crippen LogP contribution in [0.1, 0.15) is 80.1 Å². The standard InChI is InChI=1S/C19H32O2/c1-14(2)12-19(13-17(19,3)4)16(20)21-18(5,6)15-10-8-7-9-11-15/h12,15H,7-11,13H2,1-6H3. The first-order valence-corrected chi connectivity index (χ1v) is 8.50. The molecule has 1 atom stereocenters. The molecular weight excluding hydrogens is 260 g/mol. The maximum atomic E-state index is 12.9. The van der Waals surface area contributed by atoms with Crippen LogP contribution in [0.4, 0.5) is 0 Å². The highest BCUT2D eigenvalue weighted by Gasteiger charge is 2.66. The fraction of sp³-hybridized carbons (Fsp3) is 0.842. The summed E-state index contributed by atoms with van der Waals surface area (Å²) in [7, 11) is 0. The molecule has 0 bridgehead atoms. The Hall–Kier alpha value is -0.790. The zero-order valence-corrected chi connectivity index (χ0v) is 14.7. The first kappa shape index (κ1) is 16.6. The molecule has 0 aromatic heterocycles. The van der Waals surface area contributed by atoms with Gasteiger partial charge in [-0.05, 0) is 58.3 Å². The van der Waals surface area contributed by atoms with Crippen LogP contribution < -0.4 is 0 Å². The lowest BCUT2D eigenvalue weighted by molar-refractivity contribution is -0.169. The molecule has 0 aromatic rings. The summed E-state index contributed by atoms with van der Waals surface area (Å²) in [5.41, 5.74) is 0.508. The smallest absolute Gasteiger partial charge is 0.317 e. The second-order valence-electron chi connectivity index (χ2n) is 8.58. The molecule has 0 N–H and O–H groups in total. The van der Waals surface area contributed by atoms with E-state index in [4.69, 9.17) is 4.74 Å².